The van der Waals surface area contributed by atoms with E-state index in [0.29, 0.717) is 11.4 Å². The minimum absolute atomic E-state index is 0.0664. The summed E-state index contributed by atoms with van der Waals surface area (Å²) in [4.78, 5) is 11.3. The van der Waals surface area contributed by atoms with Crippen LogP contribution in [0, 0.1) is 0 Å². The van der Waals surface area contributed by atoms with E-state index in [1.54, 1.807) is 6.92 Å². The van der Waals surface area contributed by atoms with Gasteiger partial charge < -0.3 is 16.4 Å². The second kappa shape index (κ2) is 5.23. The van der Waals surface area contributed by atoms with Crippen LogP contribution in [0.5, 0.6) is 0 Å². The third kappa shape index (κ3) is 3.34. The largest absolute Gasteiger partial charge is 0.397 e. The normalized spacial score (nSPS) is 12.8. The molecule has 1 rings (SSSR count). The Morgan fingerprint density at radius 3 is 2.50 bits per heavy atom. The first-order valence-corrected chi connectivity index (χ1v) is 6.71. The van der Waals surface area contributed by atoms with Gasteiger partial charge in [0, 0.05) is 7.05 Å². The maximum Gasteiger partial charge on any atom is 0.241 e. The standard InChI is InChI=1S/C10H16N4O3S/c1-6(10(15)13-2)14-9-5-7(18(12,16)17)3-4-8(9)11/h3-6,14H,11H2,1-2H3,(H,13,15)(H2,12,16,17). The first-order chi connectivity index (χ1) is 8.25. The number of hydrogen-bond donors (Lipinski definition) is 4. The Bertz CT molecular complexity index is 556. The van der Waals surface area contributed by atoms with Crippen molar-refractivity contribution in [1.82, 2.24) is 5.32 Å². The van der Waals surface area contributed by atoms with Crippen LogP contribution in [0.1, 0.15) is 6.92 Å². The van der Waals surface area contributed by atoms with Crippen LogP contribution in [0.25, 0.3) is 0 Å². The molecule has 1 unspecified atom stereocenters. The summed E-state index contributed by atoms with van der Waals surface area (Å²) in [6.45, 7) is 1.63. The van der Waals surface area contributed by atoms with Crippen molar-refractivity contribution in [2.24, 2.45) is 5.14 Å². The first-order valence-electron chi connectivity index (χ1n) is 5.16. The molecular weight excluding hydrogens is 256 g/mol. The molecule has 8 heteroatoms. The van der Waals surface area contributed by atoms with Gasteiger partial charge in [0.15, 0.2) is 0 Å². The van der Waals surface area contributed by atoms with Gasteiger partial charge in [-0.1, -0.05) is 0 Å². The van der Waals surface area contributed by atoms with E-state index in [2.05, 4.69) is 10.6 Å². The molecule has 0 saturated heterocycles. The molecule has 0 spiro atoms. The SMILES string of the molecule is CNC(=O)C(C)Nc1cc(S(N)(=O)=O)ccc1N. The summed E-state index contributed by atoms with van der Waals surface area (Å²) in [5.41, 5.74) is 6.37. The van der Waals surface area contributed by atoms with Crippen LogP contribution in [0.15, 0.2) is 23.1 Å². The molecule has 6 N–H and O–H groups in total. The average Bonchev–Trinajstić information content (AvgIpc) is 2.29. The molecule has 1 amide bonds. The van der Waals surface area contributed by atoms with Crippen molar-refractivity contribution in [3.05, 3.63) is 18.2 Å². The van der Waals surface area contributed by atoms with Crippen molar-refractivity contribution >= 4 is 27.3 Å². The highest BCUT2D eigenvalue weighted by molar-refractivity contribution is 7.89. The van der Waals surface area contributed by atoms with Gasteiger partial charge in [0.2, 0.25) is 15.9 Å². The molecule has 0 aromatic heterocycles. The number of anilines is 2. The summed E-state index contributed by atoms with van der Waals surface area (Å²) in [5.74, 6) is -0.240. The number of benzene rings is 1. The lowest BCUT2D eigenvalue weighted by molar-refractivity contribution is -0.121. The van der Waals surface area contributed by atoms with E-state index in [4.69, 9.17) is 10.9 Å². The van der Waals surface area contributed by atoms with Crippen molar-refractivity contribution in [2.45, 2.75) is 17.9 Å². The number of carbonyl (C=O) groups is 1. The van der Waals surface area contributed by atoms with Gasteiger partial charge in [-0.15, -0.1) is 0 Å². The van der Waals surface area contributed by atoms with Gasteiger partial charge >= 0.3 is 0 Å². The molecule has 18 heavy (non-hydrogen) atoms. The van der Waals surface area contributed by atoms with Gasteiger partial charge in [0.05, 0.1) is 16.3 Å². The molecule has 0 aliphatic heterocycles. The molecule has 1 atom stereocenters. The third-order valence-electron chi connectivity index (χ3n) is 2.36. The van der Waals surface area contributed by atoms with E-state index >= 15 is 0 Å². The predicted octanol–water partition coefficient (Wildman–Crippen LogP) is -0.537. The number of rotatable bonds is 4. The van der Waals surface area contributed by atoms with E-state index in [-0.39, 0.29) is 10.8 Å². The quantitative estimate of drug-likeness (QED) is 0.547. The Morgan fingerprint density at radius 1 is 1.39 bits per heavy atom. The Morgan fingerprint density at radius 2 is 2.00 bits per heavy atom. The van der Waals surface area contributed by atoms with E-state index < -0.39 is 16.1 Å². The van der Waals surface area contributed by atoms with E-state index in [1.807, 2.05) is 0 Å². The monoisotopic (exact) mass is 272 g/mol. The highest BCUT2D eigenvalue weighted by Gasteiger charge is 2.14. The van der Waals surface area contributed by atoms with Crippen LogP contribution < -0.4 is 21.5 Å². The lowest BCUT2D eigenvalue weighted by Crippen LogP contribution is -2.35. The maximum atomic E-state index is 11.4. The number of nitrogens with one attached hydrogen (secondary N) is 2. The summed E-state index contributed by atoms with van der Waals surface area (Å²) >= 11 is 0. The van der Waals surface area contributed by atoms with Crippen LogP contribution in [-0.2, 0) is 14.8 Å². The van der Waals surface area contributed by atoms with Crippen molar-refractivity contribution in [2.75, 3.05) is 18.1 Å². The summed E-state index contributed by atoms with van der Waals surface area (Å²) < 4.78 is 22.4. The average molecular weight is 272 g/mol. The summed E-state index contributed by atoms with van der Waals surface area (Å²) in [5, 5.41) is 10.3. The molecule has 1 aromatic rings. The zero-order chi connectivity index (χ0) is 13.9. The highest BCUT2D eigenvalue weighted by atomic mass is 32.2. The van der Waals surface area contributed by atoms with E-state index in [1.165, 1.54) is 25.2 Å². The molecule has 100 valence electrons. The van der Waals surface area contributed by atoms with Crippen molar-refractivity contribution in [3.8, 4) is 0 Å². The second-order valence-corrected chi connectivity index (χ2v) is 5.34. The zero-order valence-electron chi connectivity index (χ0n) is 10.1. The number of likely N-dealkylation sites (N-methyl/N-ethyl adjacent to an activating group) is 1. The molecule has 0 aliphatic rings. The van der Waals surface area contributed by atoms with Crippen LogP contribution in [0.4, 0.5) is 11.4 Å². The number of sulfonamides is 1. The number of nitrogens with two attached hydrogens (primary N) is 2. The minimum Gasteiger partial charge on any atom is -0.397 e. The molecule has 0 saturated carbocycles. The Hall–Kier alpha value is -1.80. The van der Waals surface area contributed by atoms with Gasteiger partial charge in [0.25, 0.3) is 0 Å². The van der Waals surface area contributed by atoms with Crippen LogP contribution in [0.3, 0.4) is 0 Å². The number of hydrogen-bond acceptors (Lipinski definition) is 5. The minimum atomic E-state index is -3.80. The van der Waals surface area contributed by atoms with Crippen LogP contribution >= 0.6 is 0 Å². The van der Waals surface area contributed by atoms with Crippen LogP contribution in [-0.4, -0.2) is 27.4 Å². The van der Waals surface area contributed by atoms with Crippen LogP contribution in [0.2, 0.25) is 0 Å². The maximum absolute atomic E-state index is 11.4. The molecule has 0 radical (unpaired) electrons. The van der Waals surface area contributed by atoms with Gasteiger partial charge in [-0.25, -0.2) is 13.6 Å². The Kier molecular flexibility index (Phi) is 4.15. The molecule has 0 bridgehead atoms. The van der Waals surface area contributed by atoms with E-state index in [9.17, 15) is 13.2 Å². The van der Waals surface area contributed by atoms with Gasteiger partial charge in [-0.3, -0.25) is 4.79 Å². The molecular formula is C10H16N4O3S. The lowest BCUT2D eigenvalue weighted by Gasteiger charge is -2.16. The smallest absolute Gasteiger partial charge is 0.241 e. The fourth-order valence-corrected chi connectivity index (χ4v) is 1.89. The number of primary sulfonamides is 1. The fourth-order valence-electron chi connectivity index (χ4n) is 1.35. The molecule has 0 aliphatic carbocycles. The summed E-state index contributed by atoms with van der Waals surface area (Å²) in [6, 6.07) is 3.47. The zero-order valence-corrected chi connectivity index (χ0v) is 10.9. The fraction of sp³-hybridized carbons (Fsp3) is 0.300. The Labute approximate surface area is 106 Å². The number of amides is 1. The second-order valence-electron chi connectivity index (χ2n) is 3.77. The highest BCUT2D eigenvalue weighted by Crippen LogP contribution is 2.22. The summed E-state index contributed by atoms with van der Waals surface area (Å²) in [7, 11) is -2.30. The number of nitrogen functional groups attached to an aromatic ring is 1. The van der Waals surface area contributed by atoms with E-state index in [0.717, 1.165) is 0 Å². The number of carbonyl (C=O) groups excluding carboxylic acids is 1. The summed E-state index contributed by atoms with van der Waals surface area (Å²) in [6.07, 6.45) is 0. The van der Waals surface area contributed by atoms with Crippen molar-refractivity contribution in [1.29, 1.82) is 0 Å². The van der Waals surface area contributed by atoms with Crippen molar-refractivity contribution < 1.29 is 13.2 Å². The van der Waals surface area contributed by atoms with Gasteiger partial charge in [-0.05, 0) is 25.1 Å². The predicted molar refractivity (Wildman–Crippen MR) is 69.4 cm³/mol. The topological polar surface area (TPSA) is 127 Å². The molecule has 0 heterocycles. The Balaban J connectivity index is 3.06. The first kappa shape index (κ1) is 14.3. The van der Waals surface area contributed by atoms with Gasteiger partial charge in [0.1, 0.15) is 6.04 Å². The third-order valence-corrected chi connectivity index (χ3v) is 3.28. The van der Waals surface area contributed by atoms with Gasteiger partial charge in [-0.2, -0.15) is 0 Å². The molecule has 1 aromatic carbocycles. The molecule has 0 fully saturated rings. The van der Waals surface area contributed by atoms with Crippen molar-refractivity contribution in [3.63, 3.8) is 0 Å². The molecule has 7 nitrogen and oxygen atoms in total. The lowest BCUT2D eigenvalue weighted by atomic mass is 10.2.